The van der Waals surface area contributed by atoms with Gasteiger partial charge in [-0.2, -0.15) is 13.2 Å². The minimum atomic E-state index is -4.65. The van der Waals surface area contributed by atoms with E-state index in [0.717, 1.165) is 6.07 Å². The van der Waals surface area contributed by atoms with Crippen molar-refractivity contribution in [3.63, 3.8) is 0 Å². The molecule has 14 heteroatoms. The highest BCUT2D eigenvalue weighted by atomic mass is 32.2. The van der Waals surface area contributed by atoms with Crippen LogP contribution in [0, 0.1) is 0 Å². The molecule has 0 saturated carbocycles. The monoisotopic (exact) mass is 555 g/mol. The molecule has 1 aromatic carbocycles. The molecule has 3 N–H and O–H groups in total. The lowest BCUT2D eigenvalue weighted by atomic mass is 10.1. The number of rotatable bonds is 7. The minimum absolute atomic E-state index is 0.000420. The Labute approximate surface area is 217 Å². The van der Waals surface area contributed by atoms with Crippen molar-refractivity contribution in [2.45, 2.75) is 44.9 Å². The molecule has 38 heavy (non-hydrogen) atoms. The number of nitrogens with one attached hydrogen (secondary N) is 1. The van der Waals surface area contributed by atoms with E-state index in [1.165, 1.54) is 19.2 Å². The summed E-state index contributed by atoms with van der Waals surface area (Å²) in [4.78, 5) is 23.1. The zero-order chi connectivity index (χ0) is 27.8. The largest absolute Gasteiger partial charge is 0.494 e. The van der Waals surface area contributed by atoms with Crippen molar-refractivity contribution in [1.82, 2.24) is 19.6 Å². The number of oxazole rings is 1. The Hall–Kier alpha value is -3.23. The van der Waals surface area contributed by atoms with Gasteiger partial charge in [0.05, 0.1) is 18.9 Å². The maximum Gasteiger partial charge on any atom is 0.433 e. The van der Waals surface area contributed by atoms with Gasteiger partial charge >= 0.3 is 6.18 Å². The Morgan fingerprint density at radius 3 is 2.50 bits per heavy atom. The number of methoxy groups -OCH3 is 1. The molecule has 4 rings (SSSR count). The molecule has 1 aliphatic rings. The van der Waals surface area contributed by atoms with E-state index in [9.17, 15) is 26.4 Å². The Morgan fingerprint density at radius 2 is 1.92 bits per heavy atom. The molecular weight excluding hydrogens is 527 g/mol. The summed E-state index contributed by atoms with van der Waals surface area (Å²) in [5.74, 6) is -0.201. The van der Waals surface area contributed by atoms with Gasteiger partial charge in [0.1, 0.15) is 17.0 Å². The van der Waals surface area contributed by atoms with E-state index >= 15 is 0 Å². The highest BCUT2D eigenvalue weighted by Crippen LogP contribution is 2.37. The van der Waals surface area contributed by atoms with Crippen LogP contribution >= 0.6 is 0 Å². The second kappa shape index (κ2) is 10.5. The lowest BCUT2D eigenvalue weighted by Crippen LogP contribution is -2.47. The predicted molar refractivity (Wildman–Crippen MR) is 133 cm³/mol. The van der Waals surface area contributed by atoms with Gasteiger partial charge in [-0.05, 0) is 51.0 Å². The number of benzene rings is 1. The number of carbonyl (C=O) groups is 1. The molecule has 1 aliphatic heterocycles. The number of nitrogens with two attached hydrogens (primary N) is 1. The van der Waals surface area contributed by atoms with Crippen LogP contribution in [0.15, 0.2) is 28.7 Å². The van der Waals surface area contributed by atoms with Crippen LogP contribution in [0.3, 0.4) is 0 Å². The van der Waals surface area contributed by atoms with E-state index in [2.05, 4.69) is 14.7 Å². The first-order valence-electron chi connectivity index (χ1n) is 12.0. The summed E-state index contributed by atoms with van der Waals surface area (Å²) in [5, 5.41) is 0.290. The number of pyridine rings is 1. The average Bonchev–Trinajstić information content (AvgIpc) is 3.32. The smallest absolute Gasteiger partial charge is 0.433 e. The van der Waals surface area contributed by atoms with Gasteiger partial charge in [-0.3, -0.25) is 4.79 Å². The highest BCUT2D eigenvalue weighted by molar-refractivity contribution is 7.89. The Morgan fingerprint density at radius 1 is 1.24 bits per heavy atom. The van der Waals surface area contributed by atoms with Crippen LogP contribution in [-0.2, 0) is 16.2 Å². The Kier molecular flexibility index (Phi) is 7.68. The molecule has 1 saturated heterocycles. The molecule has 1 amide bonds. The number of alkyl halides is 3. The van der Waals surface area contributed by atoms with Crippen LogP contribution in [0.25, 0.3) is 22.4 Å². The first kappa shape index (κ1) is 27.8. The molecule has 10 nitrogen and oxygen atoms in total. The summed E-state index contributed by atoms with van der Waals surface area (Å²) in [7, 11) is -2.04. The van der Waals surface area contributed by atoms with Gasteiger partial charge in [0.25, 0.3) is 5.91 Å². The fraction of sp³-hybridized carbons (Fsp3) is 0.458. The fourth-order valence-electron chi connectivity index (χ4n) is 4.30. The molecule has 3 heterocycles. The van der Waals surface area contributed by atoms with Crippen molar-refractivity contribution in [1.29, 1.82) is 0 Å². The normalized spacial score (nSPS) is 16.1. The second-order valence-electron chi connectivity index (χ2n) is 9.01. The summed E-state index contributed by atoms with van der Waals surface area (Å²) in [6.07, 6.45) is -3.79. The number of hydrogen-bond donors (Lipinski definition) is 2. The van der Waals surface area contributed by atoms with Crippen LogP contribution in [0.2, 0.25) is 0 Å². The Bertz CT molecular complexity index is 1450. The first-order valence-corrected chi connectivity index (χ1v) is 13.6. The van der Waals surface area contributed by atoms with E-state index < -0.39 is 33.8 Å². The number of sulfonamides is 1. The van der Waals surface area contributed by atoms with E-state index in [4.69, 9.17) is 14.9 Å². The number of nitrogens with zero attached hydrogens (tertiary/aromatic N) is 3. The molecule has 1 fully saturated rings. The summed E-state index contributed by atoms with van der Waals surface area (Å²) >= 11 is 0. The van der Waals surface area contributed by atoms with Gasteiger partial charge < -0.3 is 19.8 Å². The molecule has 1 atom stereocenters. The van der Waals surface area contributed by atoms with Crippen LogP contribution < -0.4 is 15.2 Å². The fourth-order valence-corrected chi connectivity index (χ4v) is 5.21. The SMILES string of the molecule is CCS(=O)(=O)NC1CCN(C(=O)c2nc(-c3ccc(OC)c4nc(C(F)(F)F)ccc34)oc2[C@H](C)N)CC1. The number of likely N-dealkylation sites (tertiary alicyclic amines) is 1. The second-order valence-corrected chi connectivity index (χ2v) is 11.1. The number of halogens is 3. The highest BCUT2D eigenvalue weighted by Gasteiger charge is 2.34. The predicted octanol–water partition coefficient (Wildman–Crippen LogP) is 3.48. The van der Waals surface area contributed by atoms with E-state index in [1.807, 2.05) is 0 Å². The number of piperidine rings is 1. The van der Waals surface area contributed by atoms with Gasteiger partial charge in [-0.15, -0.1) is 0 Å². The first-order chi connectivity index (χ1) is 17.8. The third kappa shape index (κ3) is 5.61. The lowest BCUT2D eigenvalue weighted by Gasteiger charge is -2.31. The number of hydrogen-bond acceptors (Lipinski definition) is 8. The summed E-state index contributed by atoms with van der Waals surface area (Å²) < 4.78 is 77.3. The molecule has 2 aromatic heterocycles. The number of carbonyl (C=O) groups excluding carboxylic acids is 1. The number of ether oxygens (including phenoxy) is 1. The van der Waals surface area contributed by atoms with E-state index in [0.29, 0.717) is 31.5 Å². The maximum absolute atomic E-state index is 13.4. The lowest BCUT2D eigenvalue weighted by molar-refractivity contribution is -0.140. The van der Waals surface area contributed by atoms with Crippen LogP contribution in [-0.4, -0.2) is 61.2 Å². The quantitative estimate of drug-likeness (QED) is 0.452. The van der Waals surface area contributed by atoms with Crippen molar-refractivity contribution in [3.8, 4) is 17.2 Å². The Balaban J connectivity index is 1.67. The molecule has 0 unspecified atom stereocenters. The third-order valence-electron chi connectivity index (χ3n) is 6.34. The van der Waals surface area contributed by atoms with Gasteiger partial charge in [0, 0.05) is 30.1 Å². The van der Waals surface area contributed by atoms with Crippen molar-refractivity contribution in [3.05, 3.63) is 41.4 Å². The molecule has 0 spiro atoms. The molecule has 206 valence electrons. The topological polar surface area (TPSA) is 141 Å². The number of fused-ring (bicyclic) bond motifs is 1. The van der Waals surface area contributed by atoms with Crippen molar-refractivity contribution in [2.75, 3.05) is 26.0 Å². The molecule has 3 aromatic rings. The van der Waals surface area contributed by atoms with Crippen molar-refractivity contribution < 1.29 is 35.5 Å². The minimum Gasteiger partial charge on any atom is -0.494 e. The molecule has 0 bridgehead atoms. The zero-order valence-corrected chi connectivity index (χ0v) is 21.8. The van der Waals surface area contributed by atoms with E-state index in [-0.39, 0.29) is 45.8 Å². The summed E-state index contributed by atoms with van der Waals surface area (Å²) in [6.45, 7) is 3.77. The third-order valence-corrected chi connectivity index (χ3v) is 7.79. The average molecular weight is 556 g/mol. The number of aromatic nitrogens is 2. The summed E-state index contributed by atoms with van der Waals surface area (Å²) in [6, 6.07) is 4.14. The van der Waals surface area contributed by atoms with Crippen LogP contribution in [0.1, 0.15) is 54.7 Å². The molecule has 0 radical (unpaired) electrons. The number of amides is 1. The van der Waals surface area contributed by atoms with Gasteiger partial charge in [0.15, 0.2) is 11.5 Å². The van der Waals surface area contributed by atoms with Gasteiger partial charge in [-0.1, -0.05) is 0 Å². The van der Waals surface area contributed by atoms with E-state index in [1.54, 1.807) is 24.8 Å². The van der Waals surface area contributed by atoms with Crippen molar-refractivity contribution >= 4 is 26.8 Å². The maximum atomic E-state index is 13.4. The summed E-state index contributed by atoms with van der Waals surface area (Å²) in [5.41, 5.74) is 5.26. The van der Waals surface area contributed by atoms with Gasteiger partial charge in [-0.25, -0.2) is 23.1 Å². The van der Waals surface area contributed by atoms with Crippen LogP contribution in [0.4, 0.5) is 13.2 Å². The van der Waals surface area contributed by atoms with Gasteiger partial charge in [0.2, 0.25) is 15.9 Å². The molecule has 0 aliphatic carbocycles. The zero-order valence-electron chi connectivity index (χ0n) is 21.0. The van der Waals surface area contributed by atoms with Crippen molar-refractivity contribution in [2.24, 2.45) is 5.73 Å². The molecular formula is C24H28F3N5O5S. The van der Waals surface area contributed by atoms with Crippen LogP contribution in [0.5, 0.6) is 5.75 Å². The standard InChI is InChI=1S/C24H28F3N5O5S/c1-4-38(34,35)31-14-9-11-32(12-10-14)23(33)20-21(13(2)28)37-22(30-20)16-5-7-17(36-3)19-15(16)6-8-18(29-19)24(25,26)27/h5-8,13-14,31H,4,9-12,28H2,1-3H3/t13-/m0/s1.